The summed E-state index contributed by atoms with van der Waals surface area (Å²) >= 11 is 1.18. The summed E-state index contributed by atoms with van der Waals surface area (Å²) < 4.78 is 6.58. The molecule has 1 N–H and O–H groups in total. The number of aromatic nitrogens is 4. The Balaban J connectivity index is 2.19. The zero-order chi connectivity index (χ0) is 13.0. The van der Waals surface area contributed by atoms with Crippen molar-refractivity contribution in [1.82, 2.24) is 19.7 Å². The topological polar surface area (TPSA) is 94.0 Å². The highest BCUT2D eigenvalue weighted by atomic mass is 32.2. The highest BCUT2D eigenvalue weighted by Crippen LogP contribution is 2.19. The van der Waals surface area contributed by atoms with Crippen LogP contribution in [0.4, 0.5) is 0 Å². The van der Waals surface area contributed by atoms with Crippen molar-refractivity contribution in [2.75, 3.05) is 5.75 Å². The second-order valence-corrected chi connectivity index (χ2v) is 4.44. The molecule has 0 aromatic carbocycles. The average Bonchev–Trinajstić information content (AvgIpc) is 2.97. The number of rotatable bonds is 6. The van der Waals surface area contributed by atoms with Gasteiger partial charge in [-0.3, -0.25) is 4.79 Å². The monoisotopic (exact) mass is 268 g/mol. The molecule has 0 aliphatic heterocycles. The van der Waals surface area contributed by atoms with Gasteiger partial charge in [0.1, 0.15) is 0 Å². The first kappa shape index (κ1) is 12.6. The van der Waals surface area contributed by atoms with Gasteiger partial charge in [-0.2, -0.15) is 4.98 Å². The summed E-state index contributed by atoms with van der Waals surface area (Å²) in [5.41, 5.74) is 1.01. The number of aliphatic carboxylic acids is 1. The van der Waals surface area contributed by atoms with Gasteiger partial charge in [-0.05, 0) is 6.42 Å². The molecule has 0 atom stereocenters. The molecular formula is C10H12N4O3S. The van der Waals surface area contributed by atoms with E-state index in [0.29, 0.717) is 17.5 Å². The van der Waals surface area contributed by atoms with Crippen molar-refractivity contribution in [2.45, 2.75) is 25.0 Å². The Labute approximate surface area is 107 Å². The zero-order valence-corrected chi connectivity index (χ0v) is 10.6. The fraction of sp³-hybridized carbons (Fsp3) is 0.400. The molecule has 0 bridgehead atoms. The van der Waals surface area contributed by atoms with Gasteiger partial charge in [0.15, 0.2) is 11.0 Å². The van der Waals surface area contributed by atoms with Crippen LogP contribution in [0.25, 0.3) is 0 Å². The lowest BCUT2D eigenvalue weighted by atomic mass is 10.3. The minimum absolute atomic E-state index is 0.0214. The van der Waals surface area contributed by atoms with Gasteiger partial charge in [0, 0.05) is 11.9 Å². The number of carbonyl (C=O) groups is 1. The molecular weight excluding hydrogens is 256 g/mol. The summed E-state index contributed by atoms with van der Waals surface area (Å²) in [5.74, 6) is -0.348. The van der Waals surface area contributed by atoms with Crippen molar-refractivity contribution >= 4 is 17.7 Å². The van der Waals surface area contributed by atoms with Crippen LogP contribution in [0.2, 0.25) is 0 Å². The molecule has 2 rings (SSSR count). The van der Waals surface area contributed by atoms with Gasteiger partial charge in [0.05, 0.1) is 12.3 Å². The molecule has 96 valence electrons. The second kappa shape index (κ2) is 5.67. The summed E-state index contributed by atoms with van der Waals surface area (Å²) in [7, 11) is 0. The van der Waals surface area contributed by atoms with Crippen molar-refractivity contribution in [1.29, 1.82) is 0 Å². The average molecular weight is 268 g/mol. The fourth-order valence-electron chi connectivity index (χ4n) is 1.49. The Bertz CT molecular complexity index is 523. The van der Waals surface area contributed by atoms with Gasteiger partial charge in [0.2, 0.25) is 6.39 Å². The van der Waals surface area contributed by atoms with Crippen molar-refractivity contribution in [3.8, 4) is 0 Å². The third-order valence-electron chi connectivity index (χ3n) is 2.30. The molecule has 0 aliphatic rings. The molecule has 0 spiro atoms. The maximum atomic E-state index is 10.6. The van der Waals surface area contributed by atoms with Crippen molar-refractivity contribution in [3.63, 3.8) is 0 Å². The third-order valence-corrected chi connectivity index (χ3v) is 3.27. The van der Waals surface area contributed by atoms with E-state index in [0.717, 1.165) is 12.1 Å². The van der Waals surface area contributed by atoms with Gasteiger partial charge in [-0.1, -0.05) is 23.8 Å². The first-order valence-electron chi connectivity index (χ1n) is 5.35. The Morgan fingerprint density at radius 2 is 2.39 bits per heavy atom. The molecule has 18 heavy (non-hydrogen) atoms. The van der Waals surface area contributed by atoms with Gasteiger partial charge in [-0.25, -0.2) is 4.98 Å². The summed E-state index contributed by atoms with van der Waals surface area (Å²) in [6, 6.07) is 0. The van der Waals surface area contributed by atoms with Gasteiger partial charge < -0.3 is 14.2 Å². The molecule has 0 saturated heterocycles. The molecule has 7 nitrogen and oxygen atoms in total. The number of thioether (sulfide) groups is 1. The van der Waals surface area contributed by atoms with E-state index in [-0.39, 0.29) is 5.75 Å². The highest BCUT2D eigenvalue weighted by Gasteiger charge is 2.13. The van der Waals surface area contributed by atoms with Crippen LogP contribution in [0.3, 0.4) is 0 Å². The number of aryl methyl sites for hydroxylation is 1. The van der Waals surface area contributed by atoms with Gasteiger partial charge in [-0.15, -0.1) is 0 Å². The molecule has 2 heterocycles. The van der Waals surface area contributed by atoms with Crippen molar-refractivity contribution < 1.29 is 14.4 Å². The number of nitrogens with zero attached hydrogens (tertiary/aromatic N) is 4. The van der Waals surface area contributed by atoms with Gasteiger partial charge in [0.25, 0.3) is 0 Å². The van der Waals surface area contributed by atoms with Crippen molar-refractivity contribution in [2.24, 2.45) is 0 Å². The van der Waals surface area contributed by atoms with E-state index in [2.05, 4.69) is 19.6 Å². The van der Waals surface area contributed by atoms with Crippen LogP contribution in [0.15, 0.2) is 22.3 Å². The lowest BCUT2D eigenvalue weighted by molar-refractivity contribution is -0.133. The van der Waals surface area contributed by atoms with Crippen LogP contribution in [0.1, 0.15) is 18.4 Å². The maximum Gasteiger partial charge on any atom is 0.313 e. The summed E-state index contributed by atoms with van der Waals surface area (Å²) in [6.45, 7) is 2.44. The quantitative estimate of drug-likeness (QED) is 0.782. The number of hydrogen-bond acceptors (Lipinski definition) is 6. The van der Waals surface area contributed by atoms with Gasteiger partial charge >= 0.3 is 5.97 Å². The molecule has 8 heteroatoms. The second-order valence-electron chi connectivity index (χ2n) is 3.50. The molecule has 2 aromatic heterocycles. The van der Waals surface area contributed by atoms with Crippen LogP contribution in [0, 0.1) is 0 Å². The van der Waals surface area contributed by atoms with E-state index in [1.54, 1.807) is 6.20 Å². The summed E-state index contributed by atoms with van der Waals surface area (Å²) in [5, 5.41) is 13.1. The minimum Gasteiger partial charge on any atom is -0.481 e. The molecule has 0 saturated carbocycles. The lowest BCUT2D eigenvalue weighted by Gasteiger charge is -2.07. The Hall–Kier alpha value is -1.83. The molecule has 0 radical (unpaired) electrons. The van der Waals surface area contributed by atoms with E-state index in [1.807, 2.05) is 11.5 Å². The lowest BCUT2D eigenvalue weighted by Crippen LogP contribution is -2.08. The van der Waals surface area contributed by atoms with Crippen LogP contribution in [-0.4, -0.2) is 36.5 Å². The fourth-order valence-corrected chi connectivity index (χ4v) is 2.21. The zero-order valence-electron chi connectivity index (χ0n) is 9.74. The smallest absolute Gasteiger partial charge is 0.313 e. The predicted octanol–water partition coefficient (Wildman–Crippen LogP) is 1.05. The molecule has 0 aliphatic carbocycles. The highest BCUT2D eigenvalue weighted by molar-refractivity contribution is 7.99. The summed E-state index contributed by atoms with van der Waals surface area (Å²) in [6.07, 6.45) is 3.81. The van der Waals surface area contributed by atoms with Crippen LogP contribution >= 0.6 is 11.8 Å². The Morgan fingerprint density at radius 1 is 1.56 bits per heavy atom. The third kappa shape index (κ3) is 2.89. The van der Waals surface area contributed by atoms with Crippen LogP contribution in [0.5, 0.6) is 0 Å². The largest absolute Gasteiger partial charge is 0.481 e. The first-order chi connectivity index (χ1) is 8.70. The number of carboxylic acids is 1. The molecule has 2 aromatic rings. The first-order valence-corrected chi connectivity index (χ1v) is 6.33. The summed E-state index contributed by atoms with van der Waals surface area (Å²) in [4.78, 5) is 18.7. The standard InChI is InChI=1S/C10H12N4O3S/c1-2-7-3-11-10(18-5-9(15)16)14(7)4-8-12-6-17-13-8/h3,6H,2,4-5H2,1H3,(H,15,16). The van der Waals surface area contributed by atoms with E-state index >= 15 is 0 Å². The maximum absolute atomic E-state index is 10.6. The van der Waals surface area contributed by atoms with Crippen molar-refractivity contribution in [3.05, 3.63) is 24.1 Å². The van der Waals surface area contributed by atoms with Crippen LogP contribution in [-0.2, 0) is 17.8 Å². The number of carboxylic acid groups (broad SMARTS) is 1. The minimum atomic E-state index is -0.868. The number of hydrogen-bond donors (Lipinski definition) is 1. The Morgan fingerprint density at radius 3 is 3.00 bits per heavy atom. The molecule has 0 fully saturated rings. The molecule has 0 amide bonds. The van der Waals surface area contributed by atoms with E-state index in [1.165, 1.54) is 18.2 Å². The normalized spacial score (nSPS) is 10.7. The van der Waals surface area contributed by atoms with E-state index < -0.39 is 5.97 Å². The Kier molecular flexibility index (Phi) is 3.98. The van der Waals surface area contributed by atoms with E-state index in [4.69, 9.17) is 5.11 Å². The SMILES string of the molecule is CCc1cnc(SCC(=O)O)n1Cc1ncon1. The predicted molar refractivity (Wildman–Crippen MR) is 63.4 cm³/mol. The van der Waals surface area contributed by atoms with E-state index in [9.17, 15) is 4.79 Å². The number of imidazole rings is 1. The van der Waals surface area contributed by atoms with Crippen LogP contribution < -0.4 is 0 Å². The molecule has 0 unspecified atom stereocenters.